The Hall–Kier alpha value is -2.91. The number of likely N-dealkylation sites (tertiary alicyclic amines) is 1. The number of halogens is 1. The third-order valence-electron chi connectivity index (χ3n) is 7.31. The number of nitrogens with zero attached hydrogens (tertiary/aromatic N) is 1. The maximum atomic E-state index is 13.2. The average molecular weight is 444 g/mol. The van der Waals surface area contributed by atoms with Crippen molar-refractivity contribution in [1.82, 2.24) is 4.90 Å². The van der Waals surface area contributed by atoms with E-state index in [0.29, 0.717) is 31.0 Å². The summed E-state index contributed by atoms with van der Waals surface area (Å²) in [5.41, 5.74) is 3.10. The standard InChI is InChI=1S/C28H26ClNO2/c29-23-13-7-8-20(16-23)17-27(32)30-18-24-25(19-30)28(15-14-26(24)31,21-9-3-1-4-10-21)22-11-5-2-6-12-22/h1-13,16,24-25H,14-15,17-19H2. The zero-order valence-electron chi connectivity index (χ0n) is 17.9. The lowest BCUT2D eigenvalue weighted by Crippen LogP contribution is -2.47. The van der Waals surface area contributed by atoms with Crippen molar-refractivity contribution in [3.8, 4) is 0 Å². The van der Waals surface area contributed by atoms with E-state index in [1.165, 1.54) is 11.1 Å². The molecule has 0 N–H and O–H groups in total. The highest BCUT2D eigenvalue weighted by Gasteiger charge is 2.55. The smallest absolute Gasteiger partial charge is 0.227 e. The molecule has 0 aromatic heterocycles. The summed E-state index contributed by atoms with van der Waals surface area (Å²) in [6.07, 6.45) is 1.62. The number of carbonyl (C=O) groups is 2. The van der Waals surface area contributed by atoms with E-state index in [4.69, 9.17) is 11.6 Å². The quantitative estimate of drug-likeness (QED) is 0.548. The van der Waals surface area contributed by atoms with Crippen LogP contribution in [0.5, 0.6) is 0 Å². The lowest BCUT2D eigenvalue weighted by molar-refractivity contribution is -0.129. The fourth-order valence-corrected chi connectivity index (χ4v) is 6.03. The minimum absolute atomic E-state index is 0.0597. The summed E-state index contributed by atoms with van der Waals surface area (Å²) >= 11 is 6.11. The number of fused-ring (bicyclic) bond motifs is 1. The minimum atomic E-state index is -0.272. The summed E-state index contributed by atoms with van der Waals surface area (Å²) in [6, 6.07) is 28.5. The van der Waals surface area contributed by atoms with Crippen molar-refractivity contribution in [2.45, 2.75) is 24.7 Å². The van der Waals surface area contributed by atoms with Gasteiger partial charge in [-0.25, -0.2) is 0 Å². The van der Waals surface area contributed by atoms with Gasteiger partial charge in [0.2, 0.25) is 5.91 Å². The molecule has 1 aliphatic carbocycles. The molecular weight excluding hydrogens is 418 g/mol. The predicted octanol–water partition coefficient (Wildman–Crippen LogP) is 5.31. The molecule has 1 amide bonds. The summed E-state index contributed by atoms with van der Waals surface area (Å²) in [5, 5.41) is 0.632. The van der Waals surface area contributed by atoms with Gasteiger partial charge in [0, 0.05) is 41.8 Å². The number of hydrogen-bond donors (Lipinski definition) is 0. The molecule has 3 aromatic carbocycles. The van der Waals surface area contributed by atoms with Crippen molar-refractivity contribution in [2.24, 2.45) is 11.8 Å². The van der Waals surface area contributed by atoms with Crippen molar-refractivity contribution in [3.63, 3.8) is 0 Å². The van der Waals surface area contributed by atoms with Gasteiger partial charge in [-0.05, 0) is 35.2 Å². The molecule has 1 heterocycles. The van der Waals surface area contributed by atoms with Crippen LogP contribution in [0, 0.1) is 11.8 Å². The second-order valence-electron chi connectivity index (χ2n) is 8.99. The van der Waals surface area contributed by atoms with E-state index in [1.54, 1.807) is 0 Å². The first-order valence-electron chi connectivity index (χ1n) is 11.2. The van der Waals surface area contributed by atoms with Gasteiger partial charge in [-0.1, -0.05) is 84.4 Å². The van der Waals surface area contributed by atoms with Crippen molar-refractivity contribution < 1.29 is 9.59 Å². The molecule has 2 atom stereocenters. The van der Waals surface area contributed by atoms with Crippen LogP contribution in [-0.4, -0.2) is 29.7 Å². The average Bonchev–Trinajstić information content (AvgIpc) is 3.28. The molecular formula is C28H26ClNO2. The Kier molecular flexibility index (Phi) is 5.60. The van der Waals surface area contributed by atoms with Crippen LogP contribution < -0.4 is 0 Å². The molecule has 3 nitrogen and oxygen atoms in total. The molecule has 2 aliphatic rings. The van der Waals surface area contributed by atoms with E-state index in [9.17, 15) is 9.59 Å². The maximum Gasteiger partial charge on any atom is 0.227 e. The van der Waals surface area contributed by atoms with E-state index in [0.717, 1.165) is 12.0 Å². The van der Waals surface area contributed by atoms with E-state index in [2.05, 4.69) is 48.5 Å². The molecule has 2 fully saturated rings. The summed E-state index contributed by atoms with van der Waals surface area (Å²) in [5.74, 6) is 0.282. The van der Waals surface area contributed by atoms with Gasteiger partial charge in [0.15, 0.2) is 0 Å². The number of carbonyl (C=O) groups excluding carboxylic acids is 2. The first-order valence-corrected chi connectivity index (χ1v) is 11.6. The molecule has 1 aliphatic heterocycles. The Morgan fingerprint density at radius 3 is 2.19 bits per heavy atom. The van der Waals surface area contributed by atoms with Gasteiger partial charge in [-0.15, -0.1) is 0 Å². The van der Waals surface area contributed by atoms with Crippen LogP contribution in [0.15, 0.2) is 84.9 Å². The second kappa shape index (κ2) is 8.55. The SMILES string of the molecule is O=C1CCC(c2ccccc2)(c2ccccc2)C2CN(C(=O)Cc3cccc(Cl)c3)CC12. The number of rotatable bonds is 4. The number of amides is 1. The molecule has 5 rings (SSSR count). The Labute approximate surface area is 194 Å². The third-order valence-corrected chi connectivity index (χ3v) is 7.54. The number of benzene rings is 3. The van der Waals surface area contributed by atoms with Crippen LogP contribution in [0.4, 0.5) is 0 Å². The van der Waals surface area contributed by atoms with Crippen LogP contribution in [-0.2, 0) is 21.4 Å². The lowest BCUT2D eigenvalue weighted by atomic mass is 9.56. The van der Waals surface area contributed by atoms with E-state index < -0.39 is 0 Å². The second-order valence-corrected chi connectivity index (χ2v) is 9.42. The zero-order valence-corrected chi connectivity index (χ0v) is 18.7. The van der Waals surface area contributed by atoms with Gasteiger partial charge in [0.05, 0.1) is 6.42 Å². The third kappa shape index (κ3) is 3.65. The van der Waals surface area contributed by atoms with E-state index in [1.807, 2.05) is 41.3 Å². The number of ketones is 1. The fraction of sp³-hybridized carbons (Fsp3) is 0.286. The highest BCUT2D eigenvalue weighted by molar-refractivity contribution is 6.30. The van der Waals surface area contributed by atoms with Gasteiger partial charge in [0.25, 0.3) is 0 Å². The lowest BCUT2D eigenvalue weighted by Gasteiger charge is -2.45. The molecule has 32 heavy (non-hydrogen) atoms. The van der Waals surface area contributed by atoms with Gasteiger partial charge in [0.1, 0.15) is 5.78 Å². The van der Waals surface area contributed by atoms with Crippen LogP contribution in [0.25, 0.3) is 0 Å². The van der Waals surface area contributed by atoms with Crippen LogP contribution in [0.1, 0.15) is 29.5 Å². The van der Waals surface area contributed by atoms with Crippen molar-refractivity contribution in [2.75, 3.05) is 13.1 Å². The summed E-state index contributed by atoms with van der Waals surface area (Å²) in [6.45, 7) is 1.10. The van der Waals surface area contributed by atoms with Crippen LogP contribution in [0.2, 0.25) is 5.02 Å². The molecule has 0 bridgehead atoms. The van der Waals surface area contributed by atoms with Crippen molar-refractivity contribution in [1.29, 1.82) is 0 Å². The predicted molar refractivity (Wildman–Crippen MR) is 127 cm³/mol. The molecule has 4 heteroatoms. The molecule has 1 saturated carbocycles. The molecule has 3 aromatic rings. The summed E-state index contributed by atoms with van der Waals surface area (Å²) < 4.78 is 0. The first kappa shape index (κ1) is 21.0. The Balaban J connectivity index is 1.51. The number of hydrogen-bond acceptors (Lipinski definition) is 2. The zero-order chi connectivity index (χ0) is 22.1. The highest BCUT2D eigenvalue weighted by atomic mass is 35.5. The maximum absolute atomic E-state index is 13.2. The normalized spacial score (nSPS) is 21.9. The Morgan fingerprint density at radius 2 is 1.56 bits per heavy atom. The number of Topliss-reactive ketones (excluding diaryl/α,β-unsaturated/α-hetero) is 1. The molecule has 162 valence electrons. The van der Waals surface area contributed by atoms with Gasteiger partial charge in [-0.3, -0.25) is 9.59 Å². The molecule has 1 saturated heterocycles. The van der Waals surface area contributed by atoms with Gasteiger partial charge in [-0.2, -0.15) is 0 Å². The fourth-order valence-electron chi connectivity index (χ4n) is 5.81. The summed E-state index contributed by atoms with van der Waals surface area (Å²) in [4.78, 5) is 28.2. The Morgan fingerprint density at radius 1 is 0.906 bits per heavy atom. The molecule has 0 spiro atoms. The monoisotopic (exact) mass is 443 g/mol. The van der Waals surface area contributed by atoms with Crippen molar-refractivity contribution in [3.05, 3.63) is 107 Å². The Bertz CT molecular complexity index is 1090. The molecule has 0 radical (unpaired) electrons. The van der Waals surface area contributed by atoms with Crippen LogP contribution >= 0.6 is 11.6 Å². The van der Waals surface area contributed by atoms with E-state index in [-0.39, 0.29) is 28.9 Å². The van der Waals surface area contributed by atoms with E-state index >= 15 is 0 Å². The summed E-state index contributed by atoms with van der Waals surface area (Å²) in [7, 11) is 0. The minimum Gasteiger partial charge on any atom is -0.341 e. The molecule has 2 unspecified atom stereocenters. The van der Waals surface area contributed by atoms with Crippen LogP contribution in [0.3, 0.4) is 0 Å². The largest absolute Gasteiger partial charge is 0.341 e. The van der Waals surface area contributed by atoms with Crippen molar-refractivity contribution >= 4 is 23.3 Å². The topological polar surface area (TPSA) is 37.4 Å². The van der Waals surface area contributed by atoms with Gasteiger partial charge < -0.3 is 4.90 Å². The highest BCUT2D eigenvalue weighted by Crippen LogP contribution is 2.52. The van der Waals surface area contributed by atoms with Gasteiger partial charge >= 0.3 is 0 Å². The first-order chi connectivity index (χ1) is 15.6.